The highest BCUT2D eigenvalue weighted by Crippen LogP contribution is 2.10. The standard InChI is InChI=1S/C13H21N.C2H6/c1-12(2)7-8-13(3)11-14-9-5-4-6-10-14;1-2/h7-8H,1,3-6,9-11H2,2H3;1-2H3/b8-7-;. The van der Waals surface area contributed by atoms with E-state index in [1.807, 2.05) is 26.8 Å². The van der Waals surface area contributed by atoms with E-state index >= 15 is 0 Å². The fraction of sp³-hybridized carbons (Fsp3) is 0.600. The molecule has 0 unspecified atom stereocenters. The Balaban J connectivity index is 0.00000106. The number of hydrogen-bond acceptors (Lipinski definition) is 1. The Labute approximate surface area is 102 Å². The lowest BCUT2D eigenvalue weighted by atomic mass is 10.1. The van der Waals surface area contributed by atoms with Crippen LogP contribution in [0, 0.1) is 0 Å². The monoisotopic (exact) mass is 221 g/mol. The van der Waals surface area contributed by atoms with Gasteiger partial charge in [0.05, 0.1) is 0 Å². The van der Waals surface area contributed by atoms with Gasteiger partial charge in [-0.2, -0.15) is 0 Å². The zero-order chi connectivity index (χ0) is 12.4. The summed E-state index contributed by atoms with van der Waals surface area (Å²) in [5.41, 5.74) is 2.28. The van der Waals surface area contributed by atoms with E-state index in [0.717, 1.165) is 12.1 Å². The van der Waals surface area contributed by atoms with Crippen molar-refractivity contribution in [1.29, 1.82) is 0 Å². The lowest BCUT2D eigenvalue weighted by Crippen LogP contribution is -2.31. The maximum atomic E-state index is 4.05. The quantitative estimate of drug-likeness (QED) is 0.643. The van der Waals surface area contributed by atoms with Crippen molar-refractivity contribution in [3.8, 4) is 0 Å². The Kier molecular flexibility index (Phi) is 8.93. The molecule has 1 nitrogen and oxygen atoms in total. The molecule has 1 rings (SSSR count). The van der Waals surface area contributed by atoms with Crippen molar-refractivity contribution < 1.29 is 0 Å². The third-order valence-corrected chi connectivity index (χ3v) is 2.48. The summed E-state index contributed by atoms with van der Waals surface area (Å²) in [5, 5.41) is 0. The predicted octanol–water partition coefficient (Wildman–Crippen LogP) is 4.19. The topological polar surface area (TPSA) is 3.24 Å². The van der Waals surface area contributed by atoms with E-state index in [0.29, 0.717) is 0 Å². The molecular formula is C15H27N. The number of rotatable bonds is 4. The Morgan fingerprint density at radius 3 is 2.12 bits per heavy atom. The Morgan fingerprint density at radius 1 is 1.06 bits per heavy atom. The molecule has 1 heteroatoms. The first-order valence-electron chi connectivity index (χ1n) is 6.42. The smallest absolute Gasteiger partial charge is 0.0227 e. The highest BCUT2D eigenvalue weighted by atomic mass is 15.1. The van der Waals surface area contributed by atoms with Crippen LogP contribution in [0.15, 0.2) is 36.5 Å². The Hall–Kier alpha value is -0.820. The third kappa shape index (κ3) is 7.47. The van der Waals surface area contributed by atoms with Gasteiger partial charge in [0.15, 0.2) is 0 Å². The average Bonchev–Trinajstić information content (AvgIpc) is 2.30. The zero-order valence-corrected chi connectivity index (χ0v) is 11.3. The predicted molar refractivity (Wildman–Crippen MR) is 74.7 cm³/mol. The minimum Gasteiger partial charge on any atom is -0.299 e. The summed E-state index contributed by atoms with van der Waals surface area (Å²) < 4.78 is 0. The van der Waals surface area contributed by atoms with Gasteiger partial charge in [-0.3, -0.25) is 4.90 Å². The van der Waals surface area contributed by atoms with Crippen LogP contribution in [0.25, 0.3) is 0 Å². The van der Waals surface area contributed by atoms with Crippen molar-refractivity contribution in [2.45, 2.75) is 40.0 Å². The van der Waals surface area contributed by atoms with Gasteiger partial charge in [0.25, 0.3) is 0 Å². The normalized spacial score (nSPS) is 16.7. The molecule has 0 amide bonds. The molecule has 0 bridgehead atoms. The van der Waals surface area contributed by atoms with Crippen molar-refractivity contribution in [3.05, 3.63) is 36.5 Å². The molecule has 0 N–H and O–H groups in total. The summed E-state index contributed by atoms with van der Waals surface area (Å²) in [7, 11) is 0. The molecule has 0 aromatic heterocycles. The molecular weight excluding hydrogens is 194 g/mol. The highest BCUT2D eigenvalue weighted by Gasteiger charge is 2.09. The highest BCUT2D eigenvalue weighted by molar-refractivity contribution is 5.23. The fourth-order valence-corrected chi connectivity index (χ4v) is 1.72. The van der Waals surface area contributed by atoms with E-state index in [1.54, 1.807) is 0 Å². The van der Waals surface area contributed by atoms with Gasteiger partial charge in [-0.05, 0) is 38.4 Å². The van der Waals surface area contributed by atoms with E-state index < -0.39 is 0 Å². The van der Waals surface area contributed by atoms with Gasteiger partial charge >= 0.3 is 0 Å². The largest absolute Gasteiger partial charge is 0.299 e. The van der Waals surface area contributed by atoms with E-state index in [9.17, 15) is 0 Å². The number of allylic oxidation sites excluding steroid dienone is 2. The van der Waals surface area contributed by atoms with Gasteiger partial charge in [-0.1, -0.05) is 51.2 Å². The second-order valence-electron chi connectivity index (χ2n) is 4.17. The maximum absolute atomic E-state index is 4.05. The molecule has 0 aromatic rings. The first-order valence-corrected chi connectivity index (χ1v) is 6.42. The van der Waals surface area contributed by atoms with Gasteiger partial charge in [0.2, 0.25) is 0 Å². The SMILES string of the molecule is C=C(C)/C=C\C(=C)CN1CCCCC1.CC. The summed E-state index contributed by atoms with van der Waals surface area (Å²) >= 11 is 0. The minimum absolute atomic E-state index is 1.02. The average molecular weight is 221 g/mol. The molecule has 0 saturated carbocycles. The first-order chi connectivity index (χ1) is 7.68. The Morgan fingerprint density at radius 2 is 1.62 bits per heavy atom. The van der Waals surface area contributed by atoms with Crippen molar-refractivity contribution in [1.82, 2.24) is 4.90 Å². The summed E-state index contributed by atoms with van der Waals surface area (Å²) in [6.45, 7) is 17.4. The van der Waals surface area contributed by atoms with Crippen LogP contribution in [-0.2, 0) is 0 Å². The molecule has 1 aliphatic rings. The van der Waals surface area contributed by atoms with Crippen molar-refractivity contribution in [2.24, 2.45) is 0 Å². The molecule has 92 valence electrons. The van der Waals surface area contributed by atoms with Gasteiger partial charge in [0, 0.05) is 6.54 Å². The summed E-state index contributed by atoms with van der Waals surface area (Å²) in [6, 6.07) is 0. The van der Waals surface area contributed by atoms with Crippen LogP contribution < -0.4 is 0 Å². The van der Waals surface area contributed by atoms with E-state index in [2.05, 4.69) is 24.1 Å². The summed E-state index contributed by atoms with van der Waals surface area (Å²) in [6.07, 6.45) is 8.20. The van der Waals surface area contributed by atoms with Crippen LogP contribution >= 0.6 is 0 Å². The summed E-state index contributed by atoms with van der Waals surface area (Å²) in [4.78, 5) is 2.48. The van der Waals surface area contributed by atoms with Crippen LogP contribution in [-0.4, -0.2) is 24.5 Å². The molecule has 0 aromatic carbocycles. The van der Waals surface area contributed by atoms with Crippen molar-refractivity contribution >= 4 is 0 Å². The number of piperidine rings is 1. The third-order valence-electron chi connectivity index (χ3n) is 2.48. The minimum atomic E-state index is 1.02. The van der Waals surface area contributed by atoms with E-state index in [1.165, 1.54) is 37.9 Å². The second-order valence-corrected chi connectivity index (χ2v) is 4.17. The molecule has 1 saturated heterocycles. The van der Waals surface area contributed by atoms with Gasteiger partial charge in [0.1, 0.15) is 0 Å². The number of hydrogen-bond donors (Lipinski definition) is 0. The maximum Gasteiger partial charge on any atom is 0.0227 e. The van der Waals surface area contributed by atoms with Gasteiger partial charge in [-0.25, -0.2) is 0 Å². The molecule has 0 spiro atoms. The van der Waals surface area contributed by atoms with Crippen molar-refractivity contribution in [3.63, 3.8) is 0 Å². The first kappa shape index (κ1) is 15.2. The van der Waals surface area contributed by atoms with Crippen LogP contribution in [0.1, 0.15) is 40.0 Å². The van der Waals surface area contributed by atoms with E-state index in [-0.39, 0.29) is 0 Å². The zero-order valence-electron chi connectivity index (χ0n) is 11.3. The molecule has 1 fully saturated rings. The van der Waals surface area contributed by atoms with Gasteiger partial charge < -0.3 is 0 Å². The molecule has 0 atom stereocenters. The molecule has 0 aliphatic carbocycles. The van der Waals surface area contributed by atoms with Crippen LogP contribution in [0.3, 0.4) is 0 Å². The van der Waals surface area contributed by atoms with Crippen LogP contribution in [0.5, 0.6) is 0 Å². The Bertz CT molecular complexity index is 232. The second kappa shape index (κ2) is 9.41. The summed E-state index contributed by atoms with van der Waals surface area (Å²) in [5.74, 6) is 0. The number of likely N-dealkylation sites (tertiary alicyclic amines) is 1. The van der Waals surface area contributed by atoms with Crippen LogP contribution in [0.4, 0.5) is 0 Å². The lowest BCUT2D eigenvalue weighted by Gasteiger charge is -2.26. The lowest BCUT2D eigenvalue weighted by molar-refractivity contribution is 0.248. The number of nitrogens with zero attached hydrogens (tertiary/aromatic N) is 1. The molecule has 16 heavy (non-hydrogen) atoms. The molecule has 1 heterocycles. The van der Waals surface area contributed by atoms with Gasteiger partial charge in [-0.15, -0.1) is 0 Å². The van der Waals surface area contributed by atoms with E-state index in [4.69, 9.17) is 0 Å². The molecule has 0 radical (unpaired) electrons. The fourth-order valence-electron chi connectivity index (χ4n) is 1.72. The van der Waals surface area contributed by atoms with Crippen molar-refractivity contribution in [2.75, 3.05) is 19.6 Å². The molecule has 1 aliphatic heterocycles. The van der Waals surface area contributed by atoms with Crippen LogP contribution in [0.2, 0.25) is 0 Å².